The maximum Gasteiger partial charge on any atom is 0.401 e. The van der Waals surface area contributed by atoms with E-state index in [0.717, 1.165) is 0 Å². The molecule has 0 aromatic heterocycles. The maximum absolute atomic E-state index is 13.3. The van der Waals surface area contributed by atoms with Crippen LogP contribution in [0, 0.1) is 5.82 Å². The minimum absolute atomic E-state index is 0.224. The number of hydrogen-bond acceptors (Lipinski definition) is 2. The molecule has 1 rings (SSSR count). The molecular weight excluding hydrogens is 260 g/mol. The quantitative estimate of drug-likeness (QED) is 0.768. The highest BCUT2D eigenvalue weighted by atomic mass is 19.4. The minimum Gasteiger partial charge on any atom is -0.381 e. The van der Waals surface area contributed by atoms with Crippen molar-refractivity contribution in [3.63, 3.8) is 0 Å². The van der Waals surface area contributed by atoms with Gasteiger partial charge >= 0.3 is 6.18 Å². The van der Waals surface area contributed by atoms with Gasteiger partial charge in [0.15, 0.2) is 0 Å². The summed E-state index contributed by atoms with van der Waals surface area (Å²) in [5, 5.41) is 2.80. The molecule has 1 aromatic rings. The molecule has 0 fully saturated rings. The van der Waals surface area contributed by atoms with Gasteiger partial charge in [0.2, 0.25) is 0 Å². The SMILES string of the molecule is CCCN(CCNc1ccccc1F)CC(F)(F)F. The molecule has 6 heteroatoms. The van der Waals surface area contributed by atoms with E-state index in [1.165, 1.54) is 11.0 Å². The Hall–Kier alpha value is -1.30. The van der Waals surface area contributed by atoms with Gasteiger partial charge in [-0.15, -0.1) is 0 Å². The van der Waals surface area contributed by atoms with Gasteiger partial charge in [-0.1, -0.05) is 19.1 Å². The van der Waals surface area contributed by atoms with Crippen molar-refractivity contribution >= 4 is 5.69 Å². The van der Waals surface area contributed by atoms with E-state index in [4.69, 9.17) is 0 Å². The van der Waals surface area contributed by atoms with Gasteiger partial charge in [0, 0.05) is 13.1 Å². The highest BCUT2D eigenvalue weighted by Gasteiger charge is 2.30. The Morgan fingerprint density at radius 2 is 1.84 bits per heavy atom. The first-order valence-corrected chi connectivity index (χ1v) is 6.20. The Balaban J connectivity index is 2.42. The lowest BCUT2D eigenvalue weighted by Gasteiger charge is -2.23. The molecule has 108 valence electrons. The van der Waals surface area contributed by atoms with E-state index in [9.17, 15) is 17.6 Å². The first kappa shape index (κ1) is 15.8. The molecule has 0 radical (unpaired) electrons. The second kappa shape index (κ2) is 7.33. The summed E-state index contributed by atoms with van der Waals surface area (Å²) in [6.07, 6.45) is -3.55. The molecule has 0 aliphatic carbocycles. The second-order valence-electron chi connectivity index (χ2n) is 4.30. The normalized spacial score (nSPS) is 11.9. The Labute approximate surface area is 110 Å². The van der Waals surface area contributed by atoms with E-state index in [1.807, 2.05) is 6.92 Å². The molecule has 1 aromatic carbocycles. The van der Waals surface area contributed by atoms with Gasteiger partial charge in [-0.2, -0.15) is 13.2 Å². The fourth-order valence-electron chi connectivity index (χ4n) is 1.79. The predicted octanol–water partition coefficient (Wildman–Crippen LogP) is 3.51. The molecule has 0 spiro atoms. The number of alkyl halides is 3. The van der Waals surface area contributed by atoms with Crippen LogP contribution in [0.3, 0.4) is 0 Å². The number of para-hydroxylation sites is 1. The van der Waals surface area contributed by atoms with Crippen molar-refractivity contribution in [1.29, 1.82) is 0 Å². The van der Waals surface area contributed by atoms with Gasteiger partial charge in [0.25, 0.3) is 0 Å². The summed E-state index contributed by atoms with van der Waals surface area (Å²) in [6.45, 7) is 1.77. The Bertz CT molecular complexity index is 379. The van der Waals surface area contributed by atoms with Crippen molar-refractivity contribution in [3.05, 3.63) is 30.1 Å². The second-order valence-corrected chi connectivity index (χ2v) is 4.30. The fourth-order valence-corrected chi connectivity index (χ4v) is 1.79. The predicted molar refractivity (Wildman–Crippen MR) is 67.7 cm³/mol. The Morgan fingerprint density at radius 1 is 1.16 bits per heavy atom. The van der Waals surface area contributed by atoms with Gasteiger partial charge in [0.05, 0.1) is 12.2 Å². The van der Waals surface area contributed by atoms with Gasteiger partial charge in [-0.25, -0.2) is 4.39 Å². The molecule has 0 aliphatic heterocycles. The summed E-state index contributed by atoms with van der Waals surface area (Å²) in [5.74, 6) is -0.402. The number of benzene rings is 1. The zero-order chi connectivity index (χ0) is 14.3. The zero-order valence-corrected chi connectivity index (χ0v) is 10.8. The van der Waals surface area contributed by atoms with Crippen LogP contribution in [-0.2, 0) is 0 Å². The first-order valence-electron chi connectivity index (χ1n) is 6.20. The maximum atomic E-state index is 13.3. The molecular formula is C13H18F4N2. The largest absolute Gasteiger partial charge is 0.401 e. The van der Waals surface area contributed by atoms with E-state index >= 15 is 0 Å². The molecule has 0 aliphatic rings. The molecule has 0 heterocycles. The third kappa shape index (κ3) is 6.42. The summed E-state index contributed by atoms with van der Waals surface area (Å²) >= 11 is 0. The zero-order valence-electron chi connectivity index (χ0n) is 10.8. The molecule has 0 amide bonds. The third-order valence-electron chi connectivity index (χ3n) is 2.56. The average molecular weight is 278 g/mol. The number of hydrogen-bond donors (Lipinski definition) is 1. The average Bonchev–Trinajstić information content (AvgIpc) is 2.30. The third-order valence-corrected chi connectivity index (χ3v) is 2.56. The Morgan fingerprint density at radius 3 is 2.42 bits per heavy atom. The van der Waals surface area contributed by atoms with Crippen LogP contribution in [0.5, 0.6) is 0 Å². The summed E-state index contributed by atoms with van der Waals surface area (Å²) in [4.78, 5) is 1.31. The van der Waals surface area contributed by atoms with E-state index in [0.29, 0.717) is 18.7 Å². The molecule has 19 heavy (non-hydrogen) atoms. The van der Waals surface area contributed by atoms with E-state index in [-0.39, 0.29) is 13.1 Å². The van der Waals surface area contributed by atoms with Crippen LogP contribution in [0.2, 0.25) is 0 Å². The van der Waals surface area contributed by atoms with Crippen LogP contribution in [0.25, 0.3) is 0 Å². The van der Waals surface area contributed by atoms with E-state index in [1.54, 1.807) is 18.2 Å². The molecule has 0 unspecified atom stereocenters. The van der Waals surface area contributed by atoms with Crippen LogP contribution >= 0.6 is 0 Å². The van der Waals surface area contributed by atoms with Gasteiger partial charge in [-0.05, 0) is 25.1 Å². The van der Waals surface area contributed by atoms with E-state index in [2.05, 4.69) is 5.32 Å². The molecule has 0 atom stereocenters. The fraction of sp³-hybridized carbons (Fsp3) is 0.538. The number of nitrogens with one attached hydrogen (secondary N) is 1. The lowest BCUT2D eigenvalue weighted by atomic mass is 10.3. The number of anilines is 1. The Kier molecular flexibility index (Phi) is 6.08. The van der Waals surface area contributed by atoms with Crippen LogP contribution < -0.4 is 5.32 Å². The first-order chi connectivity index (χ1) is 8.92. The van der Waals surface area contributed by atoms with E-state index < -0.39 is 18.5 Å². The molecule has 1 N–H and O–H groups in total. The standard InChI is InChI=1S/C13H18F4N2/c1-2-8-19(10-13(15,16)17)9-7-18-12-6-4-3-5-11(12)14/h3-6,18H,2,7-10H2,1H3. The lowest BCUT2D eigenvalue weighted by molar-refractivity contribution is -0.145. The van der Waals surface area contributed by atoms with Crippen molar-refractivity contribution in [2.75, 3.05) is 31.5 Å². The van der Waals surface area contributed by atoms with Gasteiger partial charge in [-0.3, -0.25) is 4.90 Å². The monoisotopic (exact) mass is 278 g/mol. The summed E-state index contributed by atoms with van der Waals surface area (Å²) in [6, 6.07) is 6.10. The number of rotatable bonds is 7. The summed E-state index contributed by atoms with van der Waals surface area (Å²) in [7, 11) is 0. The minimum atomic E-state index is -4.20. The highest BCUT2D eigenvalue weighted by Crippen LogP contribution is 2.17. The summed E-state index contributed by atoms with van der Waals surface area (Å²) < 4.78 is 50.2. The van der Waals surface area contributed by atoms with Crippen LogP contribution in [0.4, 0.5) is 23.2 Å². The van der Waals surface area contributed by atoms with Crippen molar-refractivity contribution in [2.24, 2.45) is 0 Å². The smallest absolute Gasteiger partial charge is 0.381 e. The van der Waals surface area contributed by atoms with Crippen LogP contribution in [0.1, 0.15) is 13.3 Å². The number of nitrogens with zero attached hydrogens (tertiary/aromatic N) is 1. The van der Waals surface area contributed by atoms with Crippen molar-refractivity contribution in [1.82, 2.24) is 4.90 Å². The highest BCUT2D eigenvalue weighted by molar-refractivity contribution is 5.44. The van der Waals surface area contributed by atoms with Gasteiger partial charge < -0.3 is 5.32 Å². The number of halogens is 4. The van der Waals surface area contributed by atoms with Crippen LogP contribution in [-0.4, -0.2) is 37.3 Å². The molecule has 0 saturated carbocycles. The molecule has 0 saturated heterocycles. The van der Waals surface area contributed by atoms with Crippen molar-refractivity contribution < 1.29 is 17.6 Å². The van der Waals surface area contributed by atoms with Crippen molar-refractivity contribution in [2.45, 2.75) is 19.5 Å². The topological polar surface area (TPSA) is 15.3 Å². The lowest BCUT2D eigenvalue weighted by Crippen LogP contribution is -2.37. The van der Waals surface area contributed by atoms with Gasteiger partial charge in [0.1, 0.15) is 5.82 Å². The molecule has 0 bridgehead atoms. The van der Waals surface area contributed by atoms with Crippen LogP contribution in [0.15, 0.2) is 24.3 Å². The van der Waals surface area contributed by atoms with Crippen molar-refractivity contribution in [3.8, 4) is 0 Å². The summed E-state index contributed by atoms with van der Waals surface area (Å²) in [5.41, 5.74) is 0.311. The molecule has 2 nitrogen and oxygen atoms in total.